The summed E-state index contributed by atoms with van der Waals surface area (Å²) in [5.41, 5.74) is 0.933. The zero-order chi connectivity index (χ0) is 20.4. The Bertz CT molecular complexity index is 1020. The topological polar surface area (TPSA) is 113 Å². The van der Waals surface area contributed by atoms with Crippen LogP contribution < -0.4 is 4.57 Å². The van der Waals surface area contributed by atoms with E-state index in [0.29, 0.717) is 12.2 Å². The second kappa shape index (κ2) is 9.06. The van der Waals surface area contributed by atoms with Crippen LogP contribution in [0.1, 0.15) is 32.7 Å². The first-order valence-corrected chi connectivity index (χ1v) is 13.8. The maximum absolute atomic E-state index is 11.2. The Balaban J connectivity index is 2.29. The summed E-state index contributed by atoms with van der Waals surface area (Å²) >= 11 is 6.44. The molecule has 7 nitrogen and oxygen atoms in total. The van der Waals surface area contributed by atoms with Crippen LogP contribution in [-0.2, 0) is 20.2 Å². The molecule has 27 heavy (non-hydrogen) atoms. The van der Waals surface area contributed by atoms with Crippen LogP contribution >= 0.6 is 39.0 Å². The molecule has 12 heteroatoms. The average molecular weight is 520 g/mol. The number of benzene rings is 1. The second-order valence-corrected chi connectivity index (χ2v) is 12.9. The van der Waals surface area contributed by atoms with Crippen LogP contribution in [0.4, 0.5) is 0 Å². The number of halogens is 1. The first kappa shape index (κ1) is 23.0. The fraction of sp³-hybridized carbons (Fsp3) is 0.533. The summed E-state index contributed by atoms with van der Waals surface area (Å²) in [6.07, 6.45) is 0.539. The average Bonchev–Trinajstić information content (AvgIpc) is 2.88. The molecule has 0 amide bonds. The maximum Gasteiger partial charge on any atom is 0.298 e. The second-order valence-electron chi connectivity index (χ2n) is 6.24. The fourth-order valence-electron chi connectivity index (χ4n) is 2.43. The Morgan fingerprint density at radius 1 is 1.19 bits per heavy atom. The molecule has 2 unspecified atom stereocenters. The lowest BCUT2D eigenvalue weighted by molar-refractivity contribution is -0.724. The molecular formula is C15H21BrNO6S4+. The van der Waals surface area contributed by atoms with Crippen molar-refractivity contribution < 1.29 is 30.5 Å². The third-order valence-electron chi connectivity index (χ3n) is 4.07. The molecule has 2 aromatic rings. The fourth-order valence-corrected chi connectivity index (χ4v) is 6.77. The van der Waals surface area contributed by atoms with Crippen LogP contribution in [0.3, 0.4) is 0 Å². The van der Waals surface area contributed by atoms with Crippen LogP contribution in [-0.4, -0.2) is 42.7 Å². The van der Waals surface area contributed by atoms with E-state index < -0.39 is 25.5 Å². The lowest BCUT2D eigenvalue weighted by atomic mass is 10.2. The third kappa shape index (κ3) is 6.65. The number of fused-ring (bicyclic) bond motifs is 1. The van der Waals surface area contributed by atoms with Crippen molar-refractivity contribution in [1.29, 1.82) is 0 Å². The van der Waals surface area contributed by atoms with Crippen molar-refractivity contribution in [2.45, 2.75) is 42.3 Å². The van der Waals surface area contributed by atoms with Crippen LogP contribution in [0.2, 0.25) is 0 Å². The maximum atomic E-state index is 11.2. The van der Waals surface area contributed by atoms with Gasteiger partial charge in [-0.3, -0.25) is 9.11 Å². The van der Waals surface area contributed by atoms with E-state index in [1.54, 1.807) is 0 Å². The Labute approximate surface area is 175 Å². The molecule has 152 valence electrons. The number of nitrogens with zero attached hydrogens (tertiary/aromatic N) is 1. The first-order valence-electron chi connectivity index (χ1n) is 8.06. The van der Waals surface area contributed by atoms with Gasteiger partial charge in [0.15, 0.2) is 6.04 Å². The summed E-state index contributed by atoms with van der Waals surface area (Å²) in [5.74, 6) is 0.149. The normalized spacial score (nSPS) is 15.1. The van der Waals surface area contributed by atoms with Gasteiger partial charge in [0.1, 0.15) is 4.70 Å². The highest BCUT2D eigenvalue weighted by molar-refractivity contribution is 9.10. The van der Waals surface area contributed by atoms with Crippen LogP contribution in [0.5, 0.6) is 0 Å². The molecule has 1 aromatic heterocycles. The van der Waals surface area contributed by atoms with E-state index in [9.17, 15) is 16.8 Å². The highest BCUT2D eigenvalue weighted by Gasteiger charge is 2.28. The van der Waals surface area contributed by atoms with E-state index >= 15 is 0 Å². The first-order chi connectivity index (χ1) is 12.4. The molecule has 0 aliphatic heterocycles. The van der Waals surface area contributed by atoms with Crippen molar-refractivity contribution in [1.82, 2.24) is 0 Å². The number of aromatic nitrogens is 1. The molecule has 1 heterocycles. The molecule has 1 aromatic carbocycles. The molecule has 0 saturated carbocycles. The number of rotatable bonds is 9. The van der Waals surface area contributed by atoms with E-state index in [0.717, 1.165) is 19.0 Å². The summed E-state index contributed by atoms with van der Waals surface area (Å²) in [6, 6.07) is 5.64. The van der Waals surface area contributed by atoms with Gasteiger partial charge >= 0.3 is 0 Å². The summed E-state index contributed by atoms with van der Waals surface area (Å²) in [6.45, 7) is 3.34. The largest absolute Gasteiger partial charge is 0.298 e. The van der Waals surface area contributed by atoms with Gasteiger partial charge in [0.25, 0.3) is 24.6 Å². The molecule has 0 radical (unpaired) electrons. The van der Waals surface area contributed by atoms with Gasteiger partial charge in [-0.05, 0) is 44.2 Å². The van der Waals surface area contributed by atoms with Gasteiger partial charge in [-0.2, -0.15) is 21.4 Å². The van der Waals surface area contributed by atoms with Gasteiger partial charge in [-0.15, -0.1) is 0 Å². The van der Waals surface area contributed by atoms with Gasteiger partial charge in [0.2, 0.25) is 5.52 Å². The van der Waals surface area contributed by atoms with E-state index in [1.807, 2.05) is 29.7 Å². The van der Waals surface area contributed by atoms with Gasteiger partial charge in [0, 0.05) is 22.7 Å². The minimum absolute atomic E-state index is 0.184. The molecule has 0 spiro atoms. The van der Waals surface area contributed by atoms with Gasteiger partial charge in [0.05, 0.1) is 11.0 Å². The highest BCUT2D eigenvalue weighted by atomic mass is 79.9. The van der Waals surface area contributed by atoms with Gasteiger partial charge < -0.3 is 0 Å². The summed E-state index contributed by atoms with van der Waals surface area (Å²) < 4.78 is 67.5. The molecule has 0 fully saturated rings. The number of hydrogen-bond acceptors (Lipinski definition) is 6. The predicted molar refractivity (Wildman–Crippen MR) is 112 cm³/mol. The van der Waals surface area contributed by atoms with Crippen LogP contribution in [0.25, 0.3) is 10.2 Å². The molecule has 2 rings (SSSR count). The van der Waals surface area contributed by atoms with Crippen LogP contribution in [0, 0.1) is 0 Å². The zero-order valence-electron chi connectivity index (χ0n) is 14.7. The number of thiazole rings is 1. The molecule has 0 bridgehead atoms. The number of thioether (sulfide) groups is 1. The minimum atomic E-state index is -4.06. The smallest absolute Gasteiger partial charge is 0.286 e. The highest BCUT2D eigenvalue weighted by Crippen LogP contribution is 2.32. The van der Waals surface area contributed by atoms with E-state index in [4.69, 9.17) is 9.11 Å². The summed E-state index contributed by atoms with van der Waals surface area (Å²) in [5, 5.41) is -0.848. The van der Waals surface area contributed by atoms with E-state index in [2.05, 4.69) is 15.9 Å². The summed E-state index contributed by atoms with van der Waals surface area (Å²) in [4.78, 5) is 0. The predicted octanol–water partition coefficient (Wildman–Crippen LogP) is 3.55. The Kier molecular flexibility index (Phi) is 7.73. The molecule has 2 atom stereocenters. The molecule has 2 N–H and O–H groups in total. The summed E-state index contributed by atoms with van der Waals surface area (Å²) in [7, 11) is -8.11. The van der Waals surface area contributed by atoms with Gasteiger partial charge in [-0.1, -0.05) is 27.3 Å². The Morgan fingerprint density at radius 2 is 1.85 bits per heavy atom. The monoisotopic (exact) mass is 518 g/mol. The van der Waals surface area contributed by atoms with Gasteiger partial charge in [-0.25, -0.2) is 0 Å². The zero-order valence-corrected chi connectivity index (χ0v) is 19.6. The molecule has 0 aliphatic carbocycles. The SMILES string of the molecule is CC(CCS(=O)(=O)O)[n+]1c(SCCC(C)S(=O)(=O)O)sc2ccc(Br)cc21. The van der Waals surface area contributed by atoms with E-state index in [-0.39, 0.29) is 18.2 Å². The molecule has 0 aliphatic rings. The van der Waals surface area contributed by atoms with Crippen molar-refractivity contribution in [3.63, 3.8) is 0 Å². The van der Waals surface area contributed by atoms with E-state index in [1.165, 1.54) is 30.0 Å². The van der Waals surface area contributed by atoms with Crippen molar-refractivity contribution in [2.24, 2.45) is 0 Å². The van der Waals surface area contributed by atoms with Crippen LogP contribution in [0.15, 0.2) is 27.0 Å². The Hall–Kier alpha value is -0.240. The van der Waals surface area contributed by atoms with Crippen molar-refractivity contribution >= 4 is 69.5 Å². The lowest BCUT2D eigenvalue weighted by Crippen LogP contribution is -2.39. The number of hydrogen-bond donors (Lipinski definition) is 2. The third-order valence-corrected chi connectivity index (χ3v) is 8.99. The minimum Gasteiger partial charge on any atom is -0.286 e. The lowest BCUT2D eigenvalue weighted by Gasteiger charge is -2.09. The quantitative estimate of drug-likeness (QED) is 0.296. The standard InChI is InChI=1S/C15H20BrNO6S4/c1-10(6-8-26(18,19)20)17-13-9-12(16)3-4-14(13)25-15(17)24-7-5-11(2)27(21,22)23/h3-4,9-11H,5-8H2,1-2H3,(H-,18,19,20,21,22,23)/p+1. The molecular weight excluding hydrogens is 498 g/mol. The van der Waals surface area contributed by atoms with Crippen molar-refractivity contribution in [3.8, 4) is 0 Å². The Morgan fingerprint density at radius 3 is 2.44 bits per heavy atom. The van der Waals surface area contributed by atoms with Crippen molar-refractivity contribution in [2.75, 3.05) is 11.5 Å². The molecule has 0 saturated heterocycles. The van der Waals surface area contributed by atoms with Crippen molar-refractivity contribution in [3.05, 3.63) is 22.7 Å².